The third-order valence-corrected chi connectivity index (χ3v) is 7.29. The summed E-state index contributed by atoms with van der Waals surface area (Å²) in [5, 5.41) is 14.4. The molecule has 38 heavy (non-hydrogen) atoms. The molecule has 2 aromatic carbocycles. The number of fused-ring (bicyclic) bond motifs is 4. The van der Waals surface area contributed by atoms with Crippen LogP contribution in [0.2, 0.25) is 0 Å². The summed E-state index contributed by atoms with van der Waals surface area (Å²) in [5.74, 6) is 1.51. The van der Waals surface area contributed by atoms with E-state index in [1.165, 1.54) is 5.56 Å². The van der Waals surface area contributed by atoms with Crippen LogP contribution in [-0.4, -0.2) is 39.2 Å². The Labute approximate surface area is 216 Å². The summed E-state index contributed by atoms with van der Waals surface area (Å²) < 4.78 is 3.53. The van der Waals surface area contributed by atoms with E-state index in [4.69, 9.17) is 10.7 Å². The zero-order chi connectivity index (χ0) is 25.3. The first-order valence-corrected chi connectivity index (χ1v) is 12.5. The van der Waals surface area contributed by atoms with E-state index in [2.05, 4.69) is 67.7 Å². The zero-order valence-corrected chi connectivity index (χ0v) is 20.2. The molecule has 0 unspecified atom stereocenters. The van der Waals surface area contributed by atoms with Gasteiger partial charge in [-0.1, -0.05) is 54.6 Å². The van der Waals surface area contributed by atoms with Gasteiger partial charge in [-0.05, 0) is 42.2 Å². The second-order valence-corrected chi connectivity index (χ2v) is 9.75. The SMILES string of the molecule is NC1(c2ccc(-c3nc4ccn5c(-c6nc7ncccn7n6)nnc5c4cc3-c3ccccc3)cc2)CC1. The number of hydrogen-bond donors (Lipinski definition) is 1. The number of nitrogens with two attached hydrogens (primary N) is 1. The van der Waals surface area contributed by atoms with E-state index in [0.717, 1.165) is 46.1 Å². The van der Waals surface area contributed by atoms with Gasteiger partial charge >= 0.3 is 0 Å². The van der Waals surface area contributed by atoms with Crippen molar-refractivity contribution in [2.75, 3.05) is 0 Å². The summed E-state index contributed by atoms with van der Waals surface area (Å²) in [6.07, 6.45) is 7.48. The van der Waals surface area contributed by atoms with Crippen molar-refractivity contribution in [3.8, 4) is 34.0 Å². The number of benzene rings is 2. The highest BCUT2D eigenvalue weighted by molar-refractivity contribution is 5.98. The minimum atomic E-state index is -0.166. The Kier molecular flexibility index (Phi) is 4.30. The molecule has 0 atom stereocenters. The molecule has 9 heteroatoms. The summed E-state index contributed by atoms with van der Waals surface area (Å²) in [5.41, 5.74) is 13.0. The van der Waals surface area contributed by atoms with E-state index in [-0.39, 0.29) is 5.54 Å². The van der Waals surface area contributed by atoms with Crippen molar-refractivity contribution in [3.05, 3.63) is 97.0 Å². The molecule has 0 bridgehead atoms. The molecule has 1 fully saturated rings. The van der Waals surface area contributed by atoms with Crippen LogP contribution in [0.3, 0.4) is 0 Å². The van der Waals surface area contributed by atoms with Gasteiger partial charge in [0.05, 0.1) is 11.2 Å². The van der Waals surface area contributed by atoms with Gasteiger partial charge in [0.2, 0.25) is 11.6 Å². The molecule has 0 radical (unpaired) electrons. The second-order valence-electron chi connectivity index (χ2n) is 9.75. The Morgan fingerprint density at radius 1 is 0.816 bits per heavy atom. The summed E-state index contributed by atoms with van der Waals surface area (Å²) in [7, 11) is 0. The van der Waals surface area contributed by atoms with Crippen molar-refractivity contribution in [2.24, 2.45) is 5.73 Å². The average Bonchev–Trinajstić information content (AvgIpc) is 3.37. The topological polar surface area (TPSA) is 112 Å². The van der Waals surface area contributed by atoms with Crippen molar-refractivity contribution >= 4 is 22.3 Å². The fourth-order valence-corrected chi connectivity index (χ4v) is 5.02. The van der Waals surface area contributed by atoms with Crippen LogP contribution >= 0.6 is 0 Å². The molecule has 8 rings (SSSR count). The van der Waals surface area contributed by atoms with E-state index in [1.807, 2.05) is 40.9 Å². The van der Waals surface area contributed by atoms with Gasteiger partial charge < -0.3 is 5.73 Å². The van der Waals surface area contributed by atoms with E-state index < -0.39 is 0 Å². The largest absolute Gasteiger partial charge is 0.321 e. The van der Waals surface area contributed by atoms with E-state index >= 15 is 0 Å². The highest BCUT2D eigenvalue weighted by atomic mass is 15.4. The van der Waals surface area contributed by atoms with Gasteiger partial charge in [-0.25, -0.2) is 14.5 Å². The van der Waals surface area contributed by atoms with Crippen LogP contribution in [0, 0.1) is 0 Å². The fourth-order valence-electron chi connectivity index (χ4n) is 5.02. The van der Waals surface area contributed by atoms with Crippen LogP contribution in [0.1, 0.15) is 18.4 Å². The monoisotopic (exact) mass is 495 g/mol. The second kappa shape index (κ2) is 7.74. The lowest BCUT2D eigenvalue weighted by atomic mass is 9.96. The maximum Gasteiger partial charge on any atom is 0.252 e. The Hall–Kier alpha value is -5.02. The molecule has 5 heterocycles. The van der Waals surface area contributed by atoms with Gasteiger partial charge in [-0.15, -0.1) is 15.3 Å². The fraction of sp³-hybridized carbons (Fsp3) is 0.103. The first-order chi connectivity index (χ1) is 18.7. The predicted molar refractivity (Wildman–Crippen MR) is 144 cm³/mol. The number of pyridine rings is 2. The minimum Gasteiger partial charge on any atom is -0.321 e. The van der Waals surface area contributed by atoms with Gasteiger partial charge in [-0.3, -0.25) is 4.40 Å². The van der Waals surface area contributed by atoms with Crippen molar-refractivity contribution in [1.29, 1.82) is 0 Å². The smallest absolute Gasteiger partial charge is 0.252 e. The molecular formula is C29H21N9. The van der Waals surface area contributed by atoms with Crippen LogP contribution < -0.4 is 5.73 Å². The van der Waals surface area contributed by atoms with Gasteiger partial charge in [0.25, 0.3) is 5.78 Å². The van der Waals surface area contributed by atoms with Gasteiger partial charge in [-0.2, -0.15) is 4.98 Å². The minimum absolute atomic E-state index is 0.166. The van der Waals surface area contributed by atoms with Crippen molar-refractivity contribution < 1.29 is 0 Å². The first kappa shape index (κ1) is 21.1. The van der Waals surface area contributed by atoms with Gasteiger partial charge in [0.1, 0.15) is 0 Å². The molecule has 182 valence electrons. The molecular weight excluding hydrogens is 474 g/mol. The molecule has 9 nitrogen and oxygen atoms in total. The third kappa shape index (κ3) is 3.22. The van der Waals surface area contributed by atoms with E-state index in [1.54, 1.807) is 16.9 Å². The molecule has 0 aliphatic heterocycles. The molecule has 5 aromatic heterocycles. The van der Waals surface area contributed by atoms with Crippen LogP contribution in [0.4, 0.5) is 0 Å². The van der Waals surface area contributed by atoms with E-state index in [0.29, 0.717) is 23.1 Å². The molecule has 0 saturated heterocycles. The van der Waals surface area contributed by atoms with Gasteiger partial charge in [0, 0.05) is 40.6 Å². The van der Waals surface area contributed by atoms with Crippen molar-refractivity contribution in [1.82, 2.24) is 39.2 Å². The number of nitrogens with zero attached hydrogens (tertiary/aromatic N) is 8. The van der Waals surface area contributed by atoms with Crippen molar-refractivity contribution in [3.63, 3.8) is 0 Å². The number of hydrogen-bond acceptors (Lipinski definition) is 7. The highest BCUT2D eigenvalue weighted by Crippen LogP contribution is 2.43. The standard InChI is InChI=1S/C29H21N9/c30-29(12-13-29)20-9-7-19(8-10-20)24-21(18-5-2-1-3-6-18)17-22-23(32-24)11-16-37-26(22)34-35-27(37)25-33-28-31-14-4-15-38(28)36-25/h1-11,14-17H,12-13,30H2. The Morgan fingerprint density at radius 2 is 1.66 bits per heavy atom. The Balaban J connectivity index is 1.33. The quantitative estimate of drug-likeness (QED) is 0.378. The lowest BCUT2D eigenvalue weighted by molar-refractivity contribution is 0.740. The normalized spacial score (nSPS) is 14.4. The summed E-state index contributed by atoms with van der Waals surface area (Å²) in [6, 6.07) is 24.7. The predicted octanol–water partition coefficient (Wildman–Crippen LogP) is 4.66. The average molecular weight is 496 g/mol. The number of aromatic nitrogens is 8. The molecule has 7 aromatic rings. The zero-order valence-electron chi connectivity index (χ0n) is 20.2. The molecule has 1 aliphatic rings. The van der Waals surface area contributed by atoms with Crippen molar-refractivity contribution in [2.45, 2.75) is 18.4 Å². The van der Waals surface area contributed by atoms with Gasteiger partial charge in [0.15, 0.2) is 5.65 Å². The van der Waals surface area contributed by atoms with Crippen LogP contribution in [0.5, 0.6) is 0 Å². The van der Waals surface area contributed by atoms with E-state index in [9.17, 15) is 0 Å². The molecule has 1 aliphatic carbocycles. The Bertz CT molecular complexity index is 1950. The maximum atomic E-state index is 6.43. The summed E-state index contributed by atoms with van der Waals surface area (Å²) >= 11 is 0. The number of rotatable bonds is 4. The highest BCUT2D eigenvalue weighted by Gasteiger charge is 2.39. The molecule has 1 saturated carbocycles. The first-order valence-electron chi connectivity index (χ1n) is 12.5. The molecule has 2 N–H and O–H groups in total. The maximum absolute atomic E-state index is 6.43. The van der Waals surface area contributed by atoms with Crippen LogP contribution in [-0.2, 0) is 5.54 Å². The summed E-state index contributed by atoms with van der Waals surface area (Å²) in [6.45, 7) is 0. The Morgan fingerprint density at radius 3 is 2.45 bits per heavy atom. The summed E-state index contributed by atoms with van der Waals surface area (Å²) in [4.78, 5) is 13.9. The molecule has 0 spiro atoms. The van der Waals surface area contributed by atoms with Crippen LogP contribution in [0.15, 0.2) is 91.4 Å². The molecule has 0 amide bonds. The van der Waals surface area contributed by atoms with Crippen LogP contribution in [0.25, 0.3) is 56.4 Å². The third-order valence-electron chi connectivity index (χ3n) is 7.29. The lowest BCUT2D eigenvalue weighted by Gasteiger charge is -2.14. The lowest BCUT2D eigenvalue weighted by Crippen LogP contribution is -2.18.